The van der Waals surface area contributed by atoms with E-state index in [1.165, 1.54) is 0 Å². The van der Waals surface area contributed by atoms with Crippen molar-refractivity contribution in [1.29, 1.82) is 0 Å². The number of ether oxygens (including phenoxy) is 2. The maximum Gasteiger partial charge on any atom is 0.410 e. The fraction of sp³-hybridized carbons (Fsp3) is 0.667. The van der Waals surface area contributed by atoms with E-state index in [-0.39, 0.29) is 12.1 Å². The Morgan fingerprint density at radius 2 is 2.22 bits per heavy atom. The Hall–Kier alpha value is -1.57. The lowest BCUT2D eigenvalue weighted by atomic mass is 10.1. The number of piperidine rings is 1. The highest BCUT2D eigenvalue weighted by Gasteiger charge is 2.28. The Kier molecular flexibility index (Phi) is 5.67. The van der Waals surface area contributed by atoms with Crippen molar-refractivity contribution in [3.8, 4) is 5.88 Å². The van der Waals surface area contributed by atoms with Gasteiger partial charge in [-0.3, -0.25) is 0 Å². The fourth-order valence-corrected chi connectivity index (χ4v) is 2.66. The summed E-state index contributed by atoms with van der Waals surface area (Å²) in [4.78, 5) is 22.4. The summed E-state index contributed by atoms with van der Waals surface area (Å²) < 4.78 is 11.3. The van der Waals surface area contributed by atoms with Gasteiger partial charge in [0.25, 0.3) is 5.88 Å². The topological polar surface area (TPSA) is 76.6 Å². The molecule has 1 fully saturated rings. The predicted octanol–water partition coefficient (Wildman–Crippen LogP) is 3.06. The van der Waals surface area contributed by atoms with Crippen LogP contribution in [-0.2, 0) is 4.74 Å². The number of halogens is 1. The first-order valence-electron chi connectivity index (χ1n) is 7.59. The van der Waals surface area contributed by atoms with Gasteiger partial charge in [-0.15, -0.1) is 0 Å². The summed E-state index contributed by atoms with van der Waals surface area (Å²) in [5, 5.41) is 3.31. The van der Waals surface area contributed by atoms with Crippen LogP contribution in [0.4, 0.5) is 10.6 Å². The number of carbonyl (C=O) groups is 1. The first kappa shape index (κ1) is 17.8. The van der Waals surface area contributed by atoms with Gasteiger partial charge in [0.1, 0.15) is 10.2 Å². The van der Waals surface area contributed by atoms with Crippen LogP contribution in [0.15, 0.2) is 10.8 Å². The Balaban J connectivity index is 2.02. The minimum Gasteiger partial charge on any atom is -0.478 e. The van der Waals surface area contributed by atoms with Crippen molar-refractivity contribution < 1.29 is 14.3 Å². The molecule has 0 aromatic carbocycles. The summed E-state index contributed by atoms with van der Waals surface area (Å²) in [6.45, 7) is 6.87. The van der Waals surface area contributed by atoms with Gasteiger partial charge in [-0.25, -0.2) is 14.8 Å². The van der Waals surface area contributed by atoms with Crippen LogP contribution in [0.25, 0.3) is 0 Å². The second kappa shape index (κ2) is 7.33. The summed E-state index contributed by atoms with van der Waals surface area (Å²) in [5.41, 5.74) is -0.490. The molecule has 0 radical (unpaired) electrons. The maximum absolute atomic E-state index is 12.2. The summed E-state index contributed by atoms with van der Waals surface area (Å²) in [7, 11) is 1.55. The van der Waals surface area contributed by atoms with Crippen molar-refractivity contribution >= 4 is 27.8 Å². The van der Waals surface area contributed by atoms with Crippen molar-refractivity contribution in [2.75, 3.05) is 25.5 Å². The van der Waals surface area contributed by atoms with E-state index in [9.17, 15) is 4.79 Å². The second-order valence-electron chi connectivity index (χ2n) is 6.46. The number of nitrogens with one attached hydrogen (secondary N) is 1. The number of rotatable bonds is 3. The van der Waals surface area contributed by atoms with E-state index in [1.807, 2.05) is 20.8 Å². The van der Waals surface area contributed by atoms with Crippen LogP contribution in [0.3, 0.4) is 0 Å². The number of likely N-dealkylation sites (tertiary alicyclic amines) is 1. The minimum absolute atomic E-state index is 0.0776. The van der Waals surface area contributed by atoms with Crippen LogP contribution in [0, 0.1) is 0 Å². The summed E-state index contributed by atoms with van der Waals surface area (Å²) >= 11 is 3.30. The zero-order chi connectivity index (χ0) is 17.0. The number of hydrogen-bond donors (Lipinski definition) is 1. The molecule has 0 spiro atoms. The molecular formula is C15H23BrN4O3. The van der Waals surface area contributed by atoms with Gasteiger partial charge in [-0.2, -0.15) is 0 Å². The van der Waals surface area contributed by atoms with Gasteiger partial charge in [0, 0.05) is 19.1 Å². The Morgan fingerprint density at radius 1 is 1.48 bits per heavy atom. The number of hydrogen-bond acceptors (Lipinski definition) is 6. The van der Waals surface area contributed by atoms with Crippen LogP contribution in [0.1, 0.15) is 33.6 Å². The molecule has 1 aromatic rings. The van der Waals surface area contributed by atoms with Crippen LogP contribution < -0.4 is 10.1 Å². The number of methoxy groups -OCH3 is 1. The third kappa shape index (κ3) is 5.23. The van der Waals surface area contributed by atoms with E-state index in [1.54, 1.807) is 18.2 Å². The molecule has 1 saturated heterocycles. The van der Waals surface area contributed by atoms with E-state index in [4.69, 9.17) is 9.47 Å². The minimum atomic E-state index is -0.490. The van der Waals surface area contributed by atoms with Gasteiger partial charge in [0.15, 0.2) is 5.82 Å². The standard InChI is InChI=1S/C15H23BrN4O3/c1-15(2,3)23-14(21)20-7-5-6-10(9-20)18-12-13(22-4)17-8-11(16)19-12/h8,10H,5-7,9H2,1-4H3,(H,18,19). The van der Waals surface area contributed by atoms with Crippen LogP contribution in [0.5, 0.6) is 5.88 Å². The maximum atomic E-state index is 12.2. The molecule has 1 atom stereocenters. The molecule has 1 amide bonds. The van der Waals surface area contributed by atoms with E-state index < -0.39 is 5.60 Å². The largest absolute Gasteiger partial charge is 0.478 e. The Bertz CT molecular complexity index is 562. The van der Waals surface area contributed by atoms with E-state index >= 15 is 0 Å². The van der Waals surface area contributed by atoms with Crippen LogP contribution in [-0.4, -0.2) is 52.8 Å². The lowest BCUT2D eigenvalue weighted by Gasteiger charge is -2.34. The molecule has 7 nitrogen and oxygen atoms in total. The molecule has 2 heterocycles. The molecule has 1 N–H and O–H groups in total. The predicted molar refractivity (Wildman–Crippen MR) is 90.7 cm³/mol. The molecule has 1 aromatic heterocycles. The van der Waals surface area contributed by atoms with Crippen molar-refractivity contribution in [1.82, 2.24) is 14.9 Å². The number of carbonyl (C=O) groups excluding carboxylic acids is 1. The van der Waals surface area contributed by atoms with Crippen LogP contribution >= 0.6 is 15.9 Å². The van der Waals surface area contributed by atoms with Gasteiger partial charge in [-0.1, -0.05) is 0 Å². The average Bonchev–Trinajstić information content (AvgIpc) is 2.46. The van der Waals surface area contributed by atoms with Gasteiger partial charge in [0.05, 0.1) is 13.3 Å². The Labute approximate surface area is 144 Å². The SMILES string of the molecule is COc1ncc(Br)nc1NC1CCCN(C(=O)OC(C)(C)C)C1. The van der Waals surface area contributed by atoms with Crippen molar-refractivity contribution in [3.05, 3.63) is 10.8 Å². The van der Waals surface area contributed by atoms with Gasteiger partial charge < -0.3 is 19.7 Å². The highest BCUT2D eigenvalue weighted by Crippen LogP contribution is 2.24. The fourth-order valence-electron chi connectivity index (χ4n) is 2.38. The van der Waals surface area contributed by atoms with Crippen molar-refractivity contribution in [2.24, 2.45) is 0 Å². The molecular weight excluding hydrogens is 364 g/mol. The molecule has 2 rings (SSSR count). The molecule has 1 unspecified atom stereocenters. The van der Waals surface area contributed by atoms with Crippen molar-refractivity contribution in [3.63, 3.8) is 0 Å². The number of amides is 1. The smallest absolute Gasteiger partial charge is 0.410 e. The lowest BCUT2D eigenvalue weighted by Crippen LogP contribution is -2.47. The molecule has 8 heteroatoms. The molecule has 1 aliphatic rings. The third-order valence-electron chi connectivity index (χ3n) is 3.32. The normalized spacial score (nSPS) is 18.5. The zero-order valence-corrected chi connectivity index (χ0v) is 15.5. The summed E-state index contributed by atoms with van der Waals surface area (Å²) in [6.07, 6.45) is 3.14. The first-order valence-corrected chi connectivity index (χ1v) is 8.39. The Morgan fingerprint density at radius 3 is 2.87 bits per heavy atom. The molecule has 0 aliphatic carbocycles. The van der Waals surface area contributed by atoms with Gasteiger partial charge in [0.2, 0.25) is 0 Å². The third-order valence-corrected chi connectivity index (χ3v) is 3.70. The van der Waals surface area contributed by atoms with E-state index in [0.29, 0.717) is 29.4 Å². The van der Waals surface area contributed by atoms with E-state index in [0.717, 1.165) is 12.8 Å². The van der Waals surface area contributed by atoms with E-state index in [2.05, 4.69) is 31.2 Å². The molecule has 0 saturated carbocycles. The second-order valence-corrected chi connectivity index (χ2v) is 7.27. The van der Waals surface area contributed by atoms with Gasteiger partial charge >= 0.3 is 6.09 Å². The molecule has 23 heavy (non-hydrogen) atoms. The molecule has 1 aliphatic heterocycles. The number of nitrogens with zero attached hydrogens (tertiary/aromatic N) is 3. The lowest BCUT2D eigenvalue weighted by molar-refractivity contribution is 0.0206. The average molecular weight is 387 g/mol. The number of aromatic nitrogens is 2. The molecule has 128 valence electrons. The quantitative estimate of drug-likeness (QED) is 0.859. The summed E-state index contributed by atoms with van der Waals surface area (Å²) in [6, 6.07) is 0.0776. The van der Waals surface area contributed by atoms with Crippen molar-refractivity contribution in [2.45, 2.75) is 45.3 Å². The monoisotopic (exact) mass is 386 g/mol. The highest BCUT2D eigenvalue weighted by molar-refractivity contribution is 9.10. The summed E-state index contributed by atoms with van der Waals surface area (Å²) in [5.74, 6) is 1.00. The first-order chi connectivity index (χ1) is 10.8. The molecule has 0 bridgehead atoms. The highest BCUT2D eigenvalue weighted by atomic mass is 79.9. The number of anilines is 1. The van der Waals surface area contributed by atoms with Crippen LogP contribution in [0.2, 0.25) is 0 Å². The van der Waals surface area contributed by atoms with Gasteiger partial charge in [-0.05, 0) is 49.5 Å². The zero-order valence-electron chi connectivity index (χ0n) is 13.9.